The van der Waals surface area contributed by atoms with Crippen LogP contribution in [0.1, 0.15) is 22.8 Å². The van der Waals surface area contributed by atoms with E-state index in [0.717, 1.165) is 4.90 Å². The zero-order valence-corrected chi connectivity index (χ0v) is 13.5. The van der Waals surface area contributed by atoms with Gasteiger partial charge in [-0.2, -0.15) is 0 Å². The first-order chi connectivity index (χ1) is 10.9. The summed E-state index contributed by atoms with van der Waals surface area (Å²) in [6.45, 7) is 3.49. The summed E-state index contributed by atoms with van der Waals surface area (Å²) in [6.07, 6.45) is 0. The molecule has 4 nitrogen and oxygen atoms in total. The lowest BCUT2D eigenvalue weighted by Crippen LogP contribution is -2.26. The van der Waals surface area contributed by atoms with Crippen LogP contribution in [0.5, 0.6) is 0 Å². The fourth-order valence-electron chi connectivity index (χ4n) is 2.22. The average Bonchev–Trinajstić information content (AvgIpc) is 2.51. The minimum Gasteiger partial charge on any atom is -0.324 e. The molecule has 0 unspecified atom stereocenters. The van der Waals surface area contributed by atoms with Gasteiger partial charge in [-0.15, -0.1) is 11.8 Å². The topological polar surface area (TPSA) is 58.2 Å². The van der Waals surface area contributed by atoms with Crippen LogP contribution in [0.15, 0.2) is 41.3 Å². The fraction of sp³-hybridized carbons (Fsp3) is 0.176. The molecule has 2 aromatic carbocycles. The number of carbonyl (C=O) groups excluding carboxylic acids is 2. The van der Waals surface area contributed by atoms with Gasteiger partial charge in [0.15, 0.2) is 0 Å². The second-order valence-electron chi connectivity index (χ2n) is 5.38. The lowest BCUT2D eigenvalue weighted by molar-refractivity contribution is -0.115. The van der Waals surface area contributed by atoms with Gasteiger partial charge >= 0.3 is 0 Å². The summed E-state index contributed by atoms with van der Waals surface area (Å²) in [5.41, 5.74) is 1.94. The van der Waals surface area contributed by atoms with E-state index in [1.165, 1.54) is 17.8 Å². The number of thioether (sulfide) groups is 1. The molecule has 2 aromatic rings. The highest BCUT2D eigenvalue weighted by Crippen LogP contribution is 2.36. The Balaban J connectivity index is 1.81. The molecular formula is C17H15FN2O2S. The van der Waals surface area contributed by atoms with Gasteiger partial charge in [0.2, 0.25) is 5.91 Å². The summed E-state index contributed by atoms with van der Waals surface area (Å²) >= 11 is 1.45. The van der Waals surface area contributed by atoms with Crippen molar-refractivity contribution in [3.05, 3.63) is 53.3 Å². The molecule has 2 N–H and O–H groups in total. The highest BCUT2D eigenvalue weighted by atomic mass is 32.2. The number of aryl methyl sites for hydroxylation is 1. The van der Waals surface area contributed by atoms with Crippen LogP contribution in [0.25, 0.3) is 0 Å². The molecule has 0 aliphatic carbocycles. The molecule has 23 heavy (non-hydrogen) atoms. The molecule has 3 rings (SSSR count). The predicted molar refractivity (Wildman–Crippen MR) is 89.5 cm³/mol. The van der Waals surface area contributed by atoms with Crippen molar-refractivity contribution in [2.75, 3.05) is 10.6 Å². The molecule has 0 bridgehead atoms. The van der Waals surface area contributed by atoms with Crippen molar-refractivity contribution < 1.29 is 14.0 Å². The summed E-state index contributed by atoms with van der Waals surface area (Å²) < 4.78 is 13.5. The van der Waals surface area contributed by atoms with Crippen molar-refractivity contribution in [2.45, 2.75) is 24.0 Å². The molecule has 6 heteroatoms. The van der Waals surface area contributed by atoms with Crippen LogP contribution >= 0.6 is 11.8 Å². The Kier molecular flexibility index (Phi) is 4.09. The highest BCUT2D eigenvalue weighted by Gasteiger charge is 2.23. The minimum absolute atomic E-state index is 0.0827. The average molecular weight is 330 g/mol. The number of benzene rings is 2. The maximum atomic E-state index is 13.5. The number of amides is 2. The number of hydrogen-bond acceptors (Lipinski definition) is 3. The van der Waals surface area contributed by atoms with Crippen molar-refractivity contribution in [3.8, 4) is 0 Å². The zero-order chi connectivity index (χ0) is 16.6. The second-order valence-corrected chi connectivity index (χ2v) is 6.76. The number of hydrogen-bond donors (Lipinski definition) is 2. The first-order valence-corrected chi connectivity index (χ1v) is 8.01. The van der Waals surface area contributed by atoms with Crippen molar-refractivity contribution in [2.24, 2.45) is 0 Å². The van der Waals surface area contributed by atoms with Gasteiger partial charge in [-0.3, -0.25) is 9.59 Å². The van der Waals surface area contributed by atoms with Crippen LogP contribution in [0, 0.1) is 12.7 Å². The standard InChI is InChI=1S/C17H15FN2O2S/c1-9-3-5-12(8-13(9)18)19-17(22)11-4-6-15-14(7-11)20-16(21)10(2)23-15/h3-8,10H,1-2H3,(H,19,22)(H,20,21)/t10-/m0/s1. The molecule has 0 aromatic heterocycles. The van der Waals surface area contributed by atoms with Crippen LogP contribution < -0.4 is 10.6 Å². The van der Waals surface area contributed by atoms with Crippen LogP contribution in [0.4, 0.5) is 15.8 Å². The molecule has 0 saturated heterocycles. The summed E-state index contributed by atoms with van der Waals surface area (Å²) in [6, 6.07) is 9.66. The Morgan fingerprint density at radius 1 is 1.26 bits per heavy atom. The molecule has 0 spiro atoms. The normalized spacial score (nSPS) is 16.5. The molecule has 0 fully saturated rings. The van der Waals surface area contributed by atoms with Crippen molar-refractivity contribution in [1.82, 2.24) is 0 Å². The lowest BCUT2D eigenvalue weighted by Gasteiger charge is -2.21. The monoisotopic (exact) mass is 330 g/mol. The van der Waals surface area contributed by atoms with Crippen LogP contribution in [0.2, 0.25) is 0 Å². The Bertz CT molecular complexity index is 807. The summed E-state index contributed by atoms with van der Waals surface area (Å²) in [7, 11) is 0. The van der Waals surface area contributed by atoms with E-state index in [4.69, 9.17) is 0 Å². The van der Waals surface area contributed by atoms with E-state index < -0.39 is 0 Å². The molecule has 1 atom stereocenters. The SMILES string of the molecule is Cc1ccc(NC(=O)c2ccc3c(c2)NC(=O)[C@H](C)S3)cc1F. The molecule has 1 aliphatic heterocycles. The number of fused-ring (bicyclic) bond motifs is 1. The molecule has 1 aliphatic rings. The first kappa shape index (κ1) is 15.6. The number of rotatable bonds is 2. The number of anilines is 2. The van der Waals surface area contributed by atoms with E-state index in [9.17, 15) is 14.0 Å². The van der Waals surface area contributed by atoms with Gasteiger partial charge in [0, 0.05) is 16.1 Å². The Morgan fingerprint density at radius 3 is 2.78 bits per heavy atom. The third-order valence-corrected chi connectivity index (χ3v) is 4.78. The number of halogens is 1. The summed E-state index contributed by atoms with van der Waals surface area (Å²) in [5.74, 6) is -0.805. The predicted octanol–water partition coefficient (Wildman–Crippen LogP) is 3.82. The Morgan fingerprint density at radius 2 is 2.04 bits per heavy atom. The van der Waals surface area contributed by atoms with Crippen molar-refractivity contribution >= 4 is 35.0 Å². The number of carbonyl (C=O) groups is 2. The summed E-state index contributed by atoms with van der Waals surface area (Å²) in [5, 5.41) is 5.29. The third kappa shape index (κ3) is 3.22. The quantitative estimate of drug-likeness (QED) is 0.880. The number of nitrogens with one attached hydrogen (secondary N) is 2. The van der Waals surface area contributed by atoms with Gasteiger partial charge in [0.25, 0.3) is 5.91 Å². The first-order valence-electron chi connectivity index (χ1n) is 7.13. The highest BCUT2D eigenvalue weighted by molar-refractivity contribution is 8.00. The second kappa shape index (κ2) is 6.04. The van der Waals surface area contributed by atoms with Crippen LogP contribution in [-0.4, -0.2) is 17.1 Å². The van der Waals surface area contributed by atoms with Gasteiger partial charge in [0.05, 0.1) is 10.9 Å². The molecule has 0 saturated carbocycles. The van der Waals surface area contributed by atoms with E-state index in [1.807, 2.05) is 6.92 Å². The smallest absolute Gasteiger partial charge is 0.255 e. The van der Waals surface area contributed by atoms with E-state index in [1.54, 1.807) is 37.3 Å². The van der Waals surface area contributed by atoms with Crippen molar-refractivity contribution in [3.63, 3.8) is 0 Å². The minimum atomic E-state index is -0.370. The third-order valence-electron chi connectivity index (χ3n) is 3.60. The Hall–Kier alpha value is -2.34. The molecule has 2 amide bonds. The van der Waals surface area contributed by atoms with Gasteiger partial charge < -0.3 is 10.6 Å². The molecule has 1 heterocycles. The van der Waals surface area contributed by atoms with Crippen LogP contribution in [0.3, 0.4) is 0 Å². The summed E-state index contributed by atoms with van der Waals surface area (Å²) in [4.78, 5) is 24.9. The Labute approximate surface area is 137 Å². The zero-order valence-electron chi connectivity index (χ0n) is 12.6. The largest absolute Gasteiger partial charge is 0.324 e. The lowest BCUT2D eigenvalue weighted by atomic mass is 10.1. The van der Waals surface area contributed by atoms with Crippen LogP contribution in [-0.2, 0) is 4.79 Å². The maximum Gasteiger partial charge on any atom is 0.255 e. The van der Waals surface area contributed by atoms with E-state index in [0.29, 0.717) is 22.5 Å². The molecular weight excluding hydrogens is 315 g/mol. The van der Waals surface area contributed by atoms with E-state index in [-0.39, 0.29) is 22.9 Å². The van der Waals surface area contributed by atoms with E-state index >= 15 is 0 Å². The van der Waals surface area contributed by atoms with Crippen molar-refractivity contribution in [1.29, 1.82) is 0 Å². The van der Waals surface area contributed by atoms with Gasteiger partial charge in [-0.05, 0) is 49.7 Å². The molecule has 0 radical (unpaired) electrons. The fourth-order valence-corrected chi connectivity index (χ4v) is 3.15. The molecule has 118 valence electrons. The van der Waals surface area contributed by atoms with Gasteiger partial charge in [-0.1, -0.05) is 6.07 Å². The van der Waals surface area contributed by atoms with E-state index in [2.05, 4.69) is 10.6 Å². The maximum absolute atomic E-state index is 13.5. The van der Waals surface area contributed by atoms with Gasteiger partial charge in [0.1, 0.15) is 5.82 Å². The van der Waals surface area contributed by atoms with Gasteiger partial charge in [-0.25, -0.2) is 4.39 Å².